The first-order valence-corrected chi connectivity index (χ1v) is 6.54. The zero-order valence-corrected chi connectivity index (χ0v) is 12.3. The second-order valence-corrected chi connectivity index (χ2v) is 4.93. The van der Waals surface area contributed by atoms with Crippen molar-refractivity contribution < 1.29 is 14.6 Å². The lowest BCUT2D eigenvalue weighted by Crippen LogP contribution is -2.12. The van der Waals surface area contributed by atoms with Crippen molar-refractivity contribution in [2.75, 3.05) is 18.2 Å². The number of ether oxygens (including phenoxy) is 1. The van der Waals surface area contributed by atoms with Crippen molar-refractivity contribution >= 4 is 33.2 Å². The van der Waals surface area contributed by atoms with E-state index in [1.807, 2.05) is 0 Å². The van der Waals surface area contributed by atoms with E-state index in [0.717, 1.165) is 0 Å². The first kappa shape index (κ1) is 14.2. The molecule has 0 saturated carbocycles. The van der Waals surface area contributed by atoms with Gasteiger partial charge in [-0.2, -0.15) is 0 Å². The summed E-state index contributed by atoms with van der Waals surface area (Å²) in [5, 5.41) is 12.3. The summed E-state index contributed by atoms with van der Waals surface area (Å²) in [5.41, 5.74) is 7.16. The Bertz CT molecular complexity index is 659. The molecule has 6 heteroatoms. The number of benzene rings is 2. The highest BCUT2D eigenvalue weighted by atomic mass is 79.9. The molecule has 4 N–H and O–H groups in total. The first-order chi connectivity index (χ1) is 9.51. The van der Waals surface area contributed by atoms with Crippen molar-refractivity contribution in [3.63, 3.8) is 0 Å². The van der Waals surface area contributed by atoms with Crippen molar-refractivity contribution in [2.24, 2.45) is 0 Å². The van der Waals surface area contributed by atoms with Crippen LogP contribution >= 0.6 is 15.9 Å². The summed E-state index contributed by atoms with van der Waals surface area (Å²) in [6.07, 6.45) is 0. The second kappa shape index (κ2) is 5.83. The fraction of sp³-hybridized carbons (Fsp3) is 0.0714. The third-order valence-corrected chi connectivity index (χ3v) is 3.39. The third-order valence-electron chi connectivity index (χ3n) is 2.70. The maximum Gasteiger partial charge on any atom is 0.255 e. The Morgan fingerprint density at radius 2 is 2.05 bits per heavy atom. The van der Waals surface area contributed by atoms with Gasteiger partial charge in [-0.3, -0.25) is 4.79 Å². The number of hydrogen-bond donors (Lipinski definition) is 3. The number of anilines is 2. The van der Waals surface area contributed by atoms with Crippen LogP contribution in [0.4, 0.5) is 11.4 Å². The molecule has 0 fully saturated rings. The Morgan fingerprint density at radius 3 is 2.65 bits per heavy atom. The van der Waals surface area contributed by atoms with Crippen LogP contribution in [0.1, 0.15) is 10.4 Å². The number of nitrogens with one attached hydrogen (secondary N) is 1. The van der Waals surface area contributed by atoms with Crippen LogP contribution in [0.25, 0.3) is 0 Å². The van der Waals surface area contributed by atoms with E-state index < -0.39 is 0 Å². The van der Waals surface area contributed by atoms with Crippen LogP contribution in [-0.4, -0.2) is 18.1 Å². The van der Waals surface area contributed by atoms with E-state index in [1.54, 1.807) is 30.3 Å². The van der Waals surface area contributed by atoms with E-state index in [0.29, 0.717) is 27.2 Å². The van der Waals surface area contributed by atoms with Crippen molar-refractivity contribution in [3.8, 4) is 11.5 Å². The number of carbonyl (C=O) groups is 1. The minimum atomic E-state index is -0.296. The Kier molecular flexibility index (Phi) is 4.14. The van der Waals surface area contributed by atoms with Crippen LogP contribution in [0, 0.1) is 0 Å². The van der Waals surface area contributed by atoms with Gasteiger partial charge in [-0.15, -0.1) is 0 Å². The molecule has 2 aromatic carbocycles. The minimum Gasteiger partial charge on any atom is -0.504 e. The monoisotopic (exact) mass is 336 g/mol. The molecule has 2 aromatic rings. The molecular weight excluding hydrogens is 324 g/mol. The van der Waals surface area contributed by atoms with Crippen LogP contribution in [-0.2, 0) is 0 Å². The summed E-state index contributed by atoms with van der Waals surface area (Å²) in [7, 11) is 1.46. The molecule has 0 radical (unpaired) electrons. The molecular formula is C14H13BrN2O3. The predicted octanol–water partition coefficient (Wildman–Crippen LogP) is 3.00. The Morgan fingerprint density at radius 1 is 1.30 bits per heavy atom. The number of rotatable bonds is 3. The smallest absolute Gasteiger partial charge is 0.255 e. The summed E-state index contributed by atoms with van der Waals surface area (Å²) in [5.74, 6) is 0.0114. The van der Waals surface area contributed by atoms with Gasteiger partial charge in [0.15, 0.2) is 11.5 Å². The number of amides is 1. The predicted molar refractivity (Wildman–Crippen MR) is 81.2 cm³/mol. The van der Waals surface area contributed by atoms with Gasteiger partial charge in [0.2, 0.25) is 0 Å². The van der Waals surface area contributed by atoms with Crippen molar-refractivity contribution in [2.45, 2.75) is 0 Å². The Balaban J connectivity index is 2.19. The van der Waals surface area contributed by atoms with Crippen molar-refractivity contribution in [3.05, 3.63) is 46.4 Å². The number of phenols is 1. The van der Waals surface area contributed by atoms with Crippen LogP contribution in [0.15, 0.2) is 40.9 Å². The summed E-state index contributed by atoms with van der Waals surface area (Å²) in [4.78, 5) is 12.1. The Labute approximate surface area is 124 Å². The molecule has 0 aliphatic heterocycles. The molecule has 0 aliphatic carbocycles. The third kappa shape index (κ3) is 3.03. The molecule has 0 saturated heterocycles. The van der Waals surface area contributed by atoms with Crippen LogP contribution < -0.4 is 15.8 Å². The van der Waals surface area contributed by atoms with E-state index in [4.69, 9.17) is 10.5 Å². The van der Waals surface area contributed by atoms with Gasteiger partial charge in [-0.1, -0.05) is 0 Å². The van der Waals surface area contributed by atoms with Crippen LogP contribution in [0.5, 0.6) is 11.5 Å². The number of nitrogen functional groups attached to an aromatic ring is 1. The number of phenolic OH excluding ortho intramolecular Hbond substituents is 1. The molecule has 0 bridgehead atoms. The van der Waals surface area contributed by atoms with Gasteiger partial charge < -0.3 is 20.9 Å². The fourth-order valence-electron chi connectivity index (χ4n) is 1.64. The fourth-order valence-corrected chi connectivity index (χ4v) is 2.02. The largest absolute Gasteiger partial charge is 0.504 e. The number of carbonyl (C=O) groups excluding carboxylic acids is 1. The van der Waals surface area contributed by atoms with E-state index in [-0.39, 0.29) is 11.7 Å². The molecule has 0 atom stereocenters. The molecule has 0 heterocycles. The lowest BCUT2D eigenvalue weighted by molar-refractivity contribution is 0.102. The zero-order chi connectivity index (χ0) is 14.7. The molecule has 0 spiro atoms. The lowest BCUT2D eigenvalue weighted by atomic mass is 10.2. The molecule has 5 nitrogen and oxygen atoms in total. The molecule has 0 aromatic heterocycles. The van der Waals surface area contributed by atoms with E-state index in [2.05, 4.69) is 21.2 Å². The number of hydrogen-bond acceptors (Lipinski definition) is 4. The van der Waals surface area contributed by atoms with Gasteiger partial charge in [-0.25, -0.2) is 0 Å². The highest BCUT2D eigenvalue weighted by Gasteiger charge is 2.09. The van der Waals surface area contributed by atoms with Gasteiger partial charge in [0.1, 0.15) is 0 Å². The maximum atomic E-state index is 12.1. The number of halogens is 1. The van der Waals surface area contributed by atoms with E-state index >= 15 is 0 Å². The normalized spacial score (nSPS) is 10.1. The second-order valence-electron chi connectivity index (χ2n) is 4.08. The summed E-state index contributed by atoms with van der Waals surface area (Å²) < 4.78 is 5.59. The van der Waals surface area contributed by atoms with Crippen molar-refractivity contribution in [1.29, 1.82) is 0 Å². The quantitative estimate of drug-likeness (QED) is 0.752. The van der Waals surface area contributed by atoms with Gasteiger partial charge in [0.05, 0.1) is 7.11 Å². The first-order valence-electron chi connectivity index (χ1n) is 5.74. The molecule has 0 unspecified atom stereocenters. The van der Waals surface area contributed by atoms with Crippen molar-refractivity contribution in [1.82, 2.24) is 0 Å². The molecule has 2 rings (SSSR count). The highest BCUT2D eigenvalue weighted by molar-refractivity contribution is 9.10. The molecule has 0 aliphatic rings. The lowest BCUT2D eigenvalue weighted by Gasteiger charge is -2.09. The van der Waals surface area contributed by atoms with Gasteiger partial charge in [0, 0.05) is 27.5 Å². The summed E-state index contributed by atoms with van der Waals surface area (Å²) in [6, 6.07) is 9.53. The summed E-state index contributed by atoms with van der Waals surface area (Å²) in [6.45, 7) is 0. The minimum absolute atomic E-state index is 0.0382. The standard InChI is InChI=1S/C14H13BrN2O3/c1-20-13-5-3-9(7-12(13)18)17-14(19)8-2-4-11(16)10(15)6-8/h2-7,18H,16H2,1H3,(H,17,19). The molecule has 20 heavy (non-hydrogen) atoms. The summed E-state index contributed by atoms with van der Waals surface area (Å²) >= 11 is 3.27. The van der Waals surface area contributed by atoms with E-state index in [1.165, 1.54) is 13.2 Å². The van der Waals surface area contributed by atoms with Gasteiger partial charge in [-0.05, 0) is 46.3 Å². The van der Waals surface area contributed by atoms with Gasteiger partial charge >= 0.3 is 0 Å². The van der Waals surface area contributed by atoms with Crippen LogP contribution in [0.2, 0.25) is 0 Å². The topological polar surface area (TPSA) is 84.6 Å². The van der Waals surface area contributed by atoms with E-state index in [9.17, 15) is 9.90 Å². The molecule has 104 valence electrons. The number of aromatic hydroxyl groups is 1. The Hall–Kier alpha value is -2.21. The maximum absolute atomic E-state index is 12.1. The zero-order valence-electron chi connectivity index (χ0n) is 10.7. The van der Waals surface area contributed by atoms with Crippen LogP contribution in [0.3, 0.4) is 0 Å². The van der Waals surface area contributed by atoms with Gasteiger partial charge in [0.25, 0.3) is 5.91 Å². The number of nitrogens with two attached hydrogens (primary N) is 1. The molecule has 1 amide bonds. The highest BCUT2D eigenvalue weighted by Crippen LogP contribution is 2.29. The SMILES string of the molecule is COc1ccc(NC(=O)c2ccc(N)c(Br)c2)cc1O. The average molecular weight is 337 g/mol. The number of methoxy groups -OCH3 is 1. The average Bonchev–Trinajstić information content (AvgIpc) is 2.42.